The second-order valence-corrected chi connectivity index (χ2v) is 8.52. The average Bonchev–Trinajstić information content (AvgIpc) is 3.36. The molecule has 3 amide bonds. The summed E-state index contributed by atoms with van der Waals surface area (Å²) in [6.45, 7) is 0. The van der Waals surface area contributed by atoms with E-state index < -0.39 is 35.9 Å². The van der Waals surface area contributed by atoms with Crippen molar-refractivity contribution in [3.63, 3.8) is 0 Å². The number of fused-ring (bicyclic) bond motifs is 1. The molecule has 33 heavy (non-hydrogen) atoms. The molecule has 7 nitrogen and oxygen atoms in total. The molecule has 1 aliphatic heterocycles. The predicted molar refractivity (Wildman–Crippen MR) is 117 cm³/mol. The Bertz CT molecular complexity index is 1140. The van der Waals surface area contributed by atoms with Gasteiger partial charge in [-0.15, -0.1) is 0 Å². The Hall–Kier alpha value is -3.20. The SMILES string of the molecule is CN1C(=O)CC[C@@H]1OC(=O)N(C)[C@H]1CCc2c(C(=O)Nc3ccc(F)c(Cl)c3)ccc(F)c21. The van der Waals surface area contributed by atoms with Crippen molar-refractivity contribution >= 4 is 35.2 Å². The quantitative estimate of drug-likeness (QED) is 0.703. The third-order valence-electron chi connectivity index (χ3n) is 6.15. The van der Waals surface area contributed by atoms with Crippen molar-refractivity contribution in [3.8, 4) is 0 Å². The van der Waals surface area contributed by atoms with Crippen molar-refractivity contribution < 1.29 is 27.9 Å². The number of anilines is 1. The summed E-state index contributed by atoms with van der Waals surface area (Å²) in [6, 6.07) is 5.75. The summed E-state index contributed by atoms with van der Waals surface area (Å²) < 4.78 is 33.7. The summed E-state index contributed by atoms with van der Waals surface area (Å²) >= 11 is 5.77. The number of benzene rings is 2. The molecule has 174 valence electrons. The van der Waals surface area contributed by atoms with Crippen LogP contribution in [0, 0.1) is 11.6 Å². The highest BCUT2D eigenvalue weighted by atomic mass is 35.5. The molecule has 1 aliphatic carbocycles. The van der Waals surface area contributed by atoms with Crippen LogP contribution in [0.25, 0.3) is 0 Å². The molecule has 10 heteroatoms. The maximum Gasteiger partial charge on any atom is 0.411 e. The fraction of sp³-hybridized carbons (Fsp3) is 0.348. The summed E-state index contributed by atoms with van der Waals surface area (Å²) in [6.07, 6.45) is 0.167. The van der Waals surface area contributed by atoms with Gasteiger partial charge in [-0.25, -0.2) is 13.6 Å². The zero-order chi connectivity index (χ0) is 23.9. The van der Waals surface area contributed by atoms with Crippen molar-refractivity contribution in [2.45, 2.75) is 38.0 Å². The molecule has 1 fully saturated rings. The van der Waals surface area contributed by atoms with Crippen LogP contribution in [0.1, 0.15) is 46.8 Å². The van der Waals surface area contributed by atoms with E-state index in [2.05, 4.69) is 5.32 Å². The van der Waals surface area contributed by atoms with Gasteiger partial charge >= 0.3 is 6.09 Å². The predicted octanol–water partition coefficient (Wildman–Crippen LogP) is 4.50. The van der Waals surface area contributed by atoms with Crippen molar-refractivity contribution in [2.24, 2.45) is 0 Å². The molecule has 1 N–H and O–H groups in total. The number of rotatable bonds is 4. The lowest BCUT2D eigenvalue weighted by molar-refractivity contribution is -0.131. The molecule has 1 heterocycles. The summed E-state index contributed by atoms with van der Waals surface area (Å²) in [5, 5.41) is 2.51. The van der Waals surface area contributed by atoms with Crippen LogP contribution in [0.15, 0.2) is 30.3 Å². The molecule has 4 rings (SSSR count). The van der Waals surface area contributed by atoms with Crippen molar-refractivity contribution in [2.75, 3.05) is 19.4 Å². The van der Waals surface area contributed by atoms with Gasteiger partial charge in [0.05, 0.1) is 11.1 Å². The molecule has 2 aromatic rings. The molecule has 2 aromatic carbocycles. The smallest absolute Gasteiger partial charge is 0.411 e. The maximum atomic E-state index is 14.8. The van der Waals surface area contributed by atoms with Gasteiger partial charge in [0, 0.05) is 43.8 Å². The lowest BCUT2D eigenvalue weighted by Crippen LogP contribution is -2.38. The molecule has 2 aliphatic rings. The Balaban J connectivity index is 1.54. The Labute approximate surface area is 194 Å². The molecule has 0 unspecified atom stereocenters. The zero-order valence-electron chi connectivity index (χ0n) is 18.0. The van der Waals surface area contributed by atoms with E-state index in [1.165, 1.54) is 41.1 Å². The van der Waals surface area contributed by atoms with Gasteiger partial charge in [-0.1, -0.05) is 11.6 Å². The van der Waals surface area contributed by atoms with E-state index in [4.69, 9.17) is 16.3 Å². The second-order valence-electron chi connectivity index (χ2n) is 8.12. The first-order chi connectivity index (χ1) is 15.7. The first-order valence-corrected chi connectivity index (χ1v) is 10.8. The highest BCUT2D eigenvalue weighted by Gasteiger charge is 2.37. The number of halogens is 3. The number of hydrogen-bond acceptors (Lipinski definition) is 4. The van der Waals surface area contributed by atoms with Crippen LogP contribution >= 0.6 is 11.6 Å². The van der Waals surface area contributed by atoms with Crippen molar-refractivity contribution in [3.05, 3.63) is 63.7 Å². The number of amides is 3. The number of nitrogens with zero attached hydrogens (tertiary/aromatic N) is 2. The molecule has 0 aromatic heterocycles. The summed E-state index contributed by atoms with van der Waals surface area (Å²) in [5.74, 6) is -1.73. The third-order valence-corrected chi connectivity index (χ3v) is 6.44. The number of nitrogens with one attached hydrogen (secondary N) is 1. The Morgan fingerprint density at radius 2 is 1.88 bits per heavy atom. The van der Waals surface area contributed by atoms with Crippen LogP contribution in [-0.4, -0.2) is 48.0 Å². The second kappa shape index (κ2) is 8.97. The van der Waals surface area contributed by atoms with Gasteiger partial charge in [0.2, 0.25) is 5.91 Å². The zero-order valence-corrected chi connectivity index (χ0v) is 18.8. The minimum Gasteiger partial charge on any atom is -0.425 e. The third kappa shape index (κ3) is 4.37. The number of likely N-dealkylation sites (tertiary alicyclic amines) is 1. The molecule has 2 atom stereocenters. The van der Waals surface area contributed by atoms with Gasteiger partial charge < -0.3 is 19.9 Å². The first-order valence-electron chi connectivity index (χ1n) is 10.4. The lowest BCUT2D eigenvalue weighted by Gasteiger charge is -2.28. The van der Waals surface area contributed by atoms with Gasteiger partial charge in [0.1, 0.15) is 11.6 Å². The Morgan fingerprint density at radius 1 is 1.15 bits per heavy atom. The van der Waals surface area contributed by atoms with Gasteiger partial charge in [0.25, 0.3) is 5.91 Å². The molecule has 0 radical (unpaired) electrons. The van der Waals surface area contributed by atoms with Gasteiger partial charge in [-0.05, 0) is 48.7 Å². The number of carbonyl (C=O) groups is 3. The monoisotopic (exact) mass is 477 g/mol. The Morgan fingerprint density at radius 3 is 2.55 bits per heavy atom. The van der Waals surface area contributed by atoms with Gasteiger partial charge in [-0.2, -0.15) is 0 Å². The topological polar surface area (TPSA) is 79.0 Å². The molecular formula is C23H22ClF2N3O4. The van der Waals surface area contributed by atoms with Crippen LogP contribution < -0.4 is 5.32 Å². The summed E-state index contributed by atoms with van der Waals surface area (Å²) in [4.78, 5) is 39.9. The number of hydrogen-bond donors (Lipinski definition) is 1. The van der Waals surface area contributed by atoms with E-state index in [0.717, 1.165) is 6.07 Å². The largest absolute Gasteiger partial charge is 0.425 e. The molecule has 1 saturated heterocycles. The van der Waals surface area contributed by atoms with Crippen LogP contribution in [0.5, 0.6) is 0 Å². The van der Waals surface area contributed by atoms with E-state index in [1.807, 2.05) is 0 Å². The van der Waals surface area contributed by atoms with Crippen molar-refractivity contribution in [1.82, 2.24) is 9.80 Å². The minimum atomic E-state index is -0.672. The number of carbonyl (C=O) groups excluding carboxylic acids is 3. The Kier molecular flexibility index (Phi) is 6.25. The summed E-state index contributed by atoms with van der Waals surface area (Å²) in [7, 11) is 3.07. The standard InChI is InChI=1S/C23H22ClF2N3O4/c1-28(23(32)33-20-10-9-19(30)29(20)2)18-8-5-13-14(4-7-17(26)21(13)18)22(31)27-12-3-6-16(25)15(24)11-12/h3-4,6-7,11,18,20H,5,8-10H2,1-2H3,(H,27,31)/t18-,20-/m0/s1. The van der Waals surface area contributed by atoms with E-state index in [-0.39, 0.29) is 22.1 Å². The highest BCUT2D eigenvalue weighted by Crippen LogP contribution is 2.39. The normalized spacial score (nSPS) is 19.4. The fourth-order valence-corrected chi connectivity index (χ4v) is 4.49. The van der Waals surface area contributed by atoms with Crippen LogP contribution in [-0.2, 0) is 16.0 Å². The number of ether oxygens (including phenoxy) is 1. The van der Waals surface area contributed by atoms with E-state index >= 15 is 0 Å². The highest BCUT2D eigenvalue weighted by molar-refractivity contribution is 6.31. The van der Waals surface area contributed by atoms with Crippen LogP contribution in [0.3, 0.4) is 0 Å². The van der Waals surface area contributed by atoms with Crippen molar-refractivity contribution in [1.29, 1.82) is 0 Å². The first kappa shape index (κ1) is 23.0. The molecule has 0 spiro atoms. The lowest BCUT2D eigenvalue weighted by atomic mass is 10.0. The van der Waals surface area contributed by atoms with Gasteiger partial charge in [0.15, 0.2) is 6.23 Å². The average molecular weight is 478 g/mol. The molecule has 0 bridgehead atoms. The molecular weight excluding hydrogens is 456 g/mol. The van der Waals surface area contributed by atoms with Gasteiger partial charge in [-0.3, -0.25) is 9.59 Å². The van der Waals surface area contributed by atoms with E-state index in [0.29, 0.717) is 36.9 Å². The summed E-state index contributed by atoms with van der Waals surface area (Å²) in [5.41, 5.74) is 1.32. The fourth-order valence-electron chi connectivity index (χ4n) is 4.31. The van der Waals surface area contributed by atoms with Crippen LogP contribution in [0.2, 0.25) is 5.02 Å². The maximum absolute atomic E-state index is 14.8. The van der Waals surface area contributed by atoms with E-state index in [9.17, 15) is 23.2 Å². The minimum absolute atomic E-state index is 0.106. The van der Waals surface area contributed by atoms with Crippen LogP contribution in [0.4, 0.5) is 19.3 Å². The van der Waals surface area contributed by atoms with E-state index in [1.54, 1.807) is 7.05 Å². The molecule has 0 saturated carbocycles.